The topological polar surface area (TPSA) is 50.2 Å². The lowest BCUT2D eigenvalue weighted by Gasteiger charge is -2.41. The largest absolute Gasteiger partial charge is 0.358 e. The van der Waals surface area contributed by atoms with Gasteiger partial charge in [-0.15, -0.1) is 0 Å². The van der Waals surface area contributed by atoms with Gasteiger partial charge >= 0.3 is 0 Å². The summed E-state index contributed by atoms with van der Waals surface area (Å²) in [5.74, 6) is -1.13. The number of carbonyl (C=O) groups is 1. The van der Waals surface area contributed by atoms with Crippen molar-refractivity contribution < 1.29 is 13.6 Å². The van der Waals surface area contributed by atoms with Gasteiger partial charge in [0, 0.05) is 49.4 Å². The first-order valence-electron chi connectivity index (χ1n) is 11.9. The first kappa shape index (κ1) is 24.1. The summed E-state index contributed by atoms with van der Waals surface area (Å²) < 4.78 is 30.5. The summed E-state index contributed by atoms with van der Waals surface area (Å²) in [6.45, 7) is 6.98. The molecule has 0 fully saturated rings. The summed E-state index contributed by atoms with van der Waals surface area (Å²) in [5.41, 5.74) is 4.83. The lowest BCUT2D eigenvalue weighted by molar-refractivity contribution is -0.127. The quantitative estimate of drug-likeness (QED) is 0.543. The maximum absolute atomic E-state index is 14.2. The predicted molar refractivity (Wildman–Crippen MR) is 128 cm³/mol. The molecule has 1 aliphatic rings. The van der Waals surface area contributed by atoms with Crippen LogP contribution in [-0.2, 0) is 24.2 Å². The summed E-state index contributed by atoms with van der Waals surface area (Å²) in [4.78, 5) is 15.4. The Balaban J connectivity index is 1.75. The van der Waals surface area contributed by atoms with Crippen molar-refractivity contribution in [2.45, 2.75) is 58.7 Å². The fourth-order valence-electron chi connectivity index (χ4n) is 5.19. The number of hydrogen-bond donors (Lipinski definition) is 1. The lowest BCUT2D eigenvalue weighted by atomic mass is 9.88. The maximum atomic E-state index is 14.2. The molecule has 180 valence electrons. The molecule has 0 saturated carbocycles. The van der Waals surface area contributed by atoms with E-state index in [-0.39, 0.29) is 17.5 Å². The van der Waals surface area contributed by atoms with Gasteiger partial charge in [-0.25, -0.2) is 8.78 Å². The average molecular weight is 467 g/mol. The van der Waals surface area contributed by atoms with Crippen LogP contribution in [0.4, 0.5) is 8.78 Å². The van der Waals surface area contributed by atoms with E-state index >= 15 is 0 Å². The molecule has 2 aromatic carbocycles. The van der Waals surface area contributed by atoms with Gasteiger partial charge in [-0.05, 0) is 56.9 Å². The molecule has 0 saturated heterocycles. The Hall–Kier alpha value is -3.06. The van der Waals surface area contributed by atoms with Gasteiger partial charge in [-0.2, -0.15) is 5.10 Å². The molecule has 7 heteroatoms. The van der Waals surface area contributed by atoms with Crippen LogP contribution < -0.4 is 5.32 Å². The minimum atomic E-state index is -0.529. The highest BCUT2D eigenvalue weighted by atomic mass is 19.1. The molecule has 0 bridgehead atoms. The zero-order valence-corrected chi connectivity index (χ0v) is 20.2. The second-order valence-electron chi connectivity index (χ2n) is 8.92. The number of amides is 1. The highest BCUT2D eigenvalue weighted by Crippen LogP contribution is 2.40. The zero-order valence-electron chi connectivity index (χ0n) is 20.2. The highest BCUT2D eigenvalue weighted by molar-refractivity contribution is 5.83. The Labute approximate surface area is 199 Å². The number of aryl methyl sites for hydroxylation is 3. The molecule has 3 aromatic rings. The molecule has 2 heterocycles. The number of fused-ring (bicyclic) bond motifs is 1. The molecule has 1 aromatic heterocycles. The number of likely N-dealkylation sites (N-methyl/N-ethyl adjacent to an activating group) is 1. The van der Waals surface area contributed by atoms with Crippen molar-refractivity contribution in [1.29, 1.82) is 0 Å². The molecule has 1 aliphatic heterocycles. The fraction of sp³-hybridized carbons (Fsp3) is 0.407. The number of hydrogen-bond acceptors (Lipinski definition) is 3. The van der Waals surface area contributed by atoms with Gasteiger partial charge in [-0.1, -0.05) is 30.3 Å². The number of nitrogens with zero attached hydrogens (tertiary/aromatic N) is 3. The lowest BCUT2D eigenvalue weighted by Crippen LogP contribution is -2.45. The monoisotopic (exact) mass is 466 g/mol. The molecule has 0 aliphatic carbocycles. The number of nitrogens with one attached hydrogen (secondary N) is 1. The second kappa shape index (κ2) is 10.1. The fourth-order valence-corrected chi connectivity index (χ4v) is 5.19. The molecule has 4 rings (SSSR count). The van der Waals surface area contributed by atoms with E-state index in [0.29, 0.717) is 24.9 Å². The van der Waals surface area contributed by atoms with Crippen LogP contribution in [0.5, 0.6) is 0 Å². The van der Waals surface area contributed by atoms with E-state index in [0.717, 1.165) is 29.8 Å². The van der Waals surface area contributed by atoms with Crippen molar-refractivity contribution in [2.24, 2.45) is 0 Å². The molecular formula is C27H32F2N4O. The second-order valence-corrected chi connectivity index (χ2v) is 8.92. The number of rotatable bonds is 7. The van der Waals surface area contributed by atoms with Crippen LogP contribution in [0.15, 0.2) is 42.5 Å². The van der Waals surface area contributed by atoms with Gasteiger partial charge < -0.3 is 5.32 Å². The maximum Gasteiger partial charge on any atom is 0.241 e. The third-order valence-electron chi connectivity index (χ3n) is 6.91. The number of halogens is 2. The van der Waals surface area contributed by atoms with E-state index in [1.807, 2.05) is 41.9 Å². The summed E-state index contributed by atoms with van der Waals surface area (Å²) in [6, 6.07) is 12.0. The molecule has 5 nitrogen and oxygen atoms in total. The van der Waals surface area contributed by atoms with Crippen molar-refractivity contribution in [1.82, 2.24) is 20.0 Å². The predicted octanol–water partition coefficient (Wildman–Crippen LogP) is 4.82. The van der Waals surface area contributed by atoms with Crippen molar-refractivity contribution >= 4 is 5.91 Å². The van der Waals surface area contributed by atoms with Gasteiger partial charge in [-0.3, -0.25) is 14.4 Å². The van der Waals surface area contributed by atoms with Gasteiger partial charge in [0.05, 0.1) is 5.69 Å². The first-order chi connectivity index (χ1) is 16.3. The van der Waals surface area contributed by atoms with Crippen LogP contribution in [0.2, 0.25) is 0 Å². The molecular weight excluding hydrogens is 434 g/mol. The summed E-state index contributed by atoms with van der Waals surface area (Å²) in [6.07, 6.45) is 1.89. The van der Waals surface area contributed by atoms with E-state index < -0.39 is 17.7 Å². The average Bonchev–Trinajstić information content (AvgIpc) is 3.18. The zero-order chi connectivity index (χ0) is 24.4. The Morgan fingerprint density at radius 3 is 2.47 bits per heavy atom. The van der Waals surface area contributed by atoms with Gasteiger partial charge in [0.25, 0.3) is 0 Å². The van der Waals surface area contributed by atoms with E-state index in [2.05, 4.69) is 17.1 Å². The highest BCUT2D eigenvalue weighted by Gasteiger charge is 2.39. The third kappa shape index (κ3) is 4.49. The first-order valence-corrected chi connectivity index (χ1v) is 11.9. The van der Waals surface area contributed by atoms with Gasteiger partial charge in [0.15, 0.2) is 0 Å². The number of carbonyl (C=O) groups excluding carboxylic acids is 1. The smallest absolute Gasteiger partial charge is 0.241 e. The van der Waals surface area contributed by atoms with E-state index in [1.54, 1.807) is 7.05 Å². The van der Waals surface area contributed by atoms with Crippen LogP contribution in [0.25, 0.3) is 0 Å². The molecule has 0 spiro atoms. The van der Waals surface area contributed by atoms with Crippen molar-refractivity contribution in [3.05, 3.63) is 87.7 Å². The van der Waals surface area contributed by atoms with Crippen LogP contribution >= 0.6 is 0 Å². The van der Waals surface area contributed by atoms with Crippen molar-refractivity contribution in [3.8, 4) is 0 Å². The SMILES string of the molecule is CCn1nc(C)c2c1CCN([C@@H](C(=O)NC)c1ccccc1)[C@H]2CCc1cc(F)c(C)c(F)c1. The number of benzene rings is 2. The van der Waals surface area contributed by atoms with E-state index in [4.69, 9.17) is 5.10 Å². The molecule has 1 amide bonds. The third-order valence-corrected chi connectivity index (χ3v) is 6.91. The summed E-state index contributed by atoms with van der Waals surface area (Å²) in [7, 11) is 1.65. The van der Waals surface area contributed by atoms with Crippen LogP contribution in [-0.4, -0.2) is 34.2 Å². The molecule has 0 unspecified atom stereocenters. The molecule has 2 atom stereocenters. The Kier molecular flexibility index (Phi) is 7.12. The Morgan fingerprint density at radius 2 is 1.85 bits per heavy atom. The summed E-state index contributed by atoms with van der Waals surface area (Å²) >= 11 is 0. The minimum Gasteiger partial charge on any atom is -0.358 e. The Morgan fingerprint density at radius 1 is 1.18 bits per heavy atom. The van der Waals surface area contributed by atoms with Gasteiger partial charge in [0.1, 0.15) is 17.7 Å². The van der Waals surface area contributed by atoms with Crippen molar-refractivity contribution in [3.63, 3.8) is 0 Å². The van der Waals surface area contributed by atoms with E-state index in [9.17, 15) is 13.6 Å². The Bertz CT molecular complexity index is 1150. The minimum absolute atomic E-state index is 0.0363. The van der Waals surface area contributed by atoms with E-state index in [1.165, 1.54) is 24.8 Å². The van der Waals surface area contributed by atoms with Crippen molar-refractivity contribution in [2.75, 3.05) is 13.6 Å². The van der Waals surface area contributed by atoms with Gasteiger partial charge in [0.2, 0.25) is 5.91 Å². The number of aromatic nitrogens is 2. The molecule has 1 N–H and O–H groups in total. The normalized spacial score (nSPS) is 16.8. The van der Waals surface area contributed by atoms with Crippen LogP contribution in [0.3, 0.4) is 0 Å². The van der Waals surface area contributed by atoms with Crippen LogP contribution in [0.1, 0.15) is 59.1 Å². The standard InChI is InChI=1S/C27H32F2N4O/c1-5-33-24-13-14-32(26(27(34)30-4)20-9-7-6-8-10-20)23(25(24)18(3)31-33)12-11-19-15-21(28)17(2)22(29)16-19/h6-10,15-16,23,26H,5,11-14H2,1-4H3,(H,30,34)/t23-,26+/m0/s1. The molecule has 0 radical (unpaired) electrons. The van der Waals surface area contributed by atoms with Crippen LogP contribution in [0, 0.1) is 25.5 Å². The molecule has 34 heavy (non-hydrogen) atoms. The summed E-state index contributed by atoms with van der Waals surface area (Å²) in [5, 5.41) is 7.59.